The maximum absolute atomic E-state index is 11.2. The molecule has 0 aliphatic carbocycles. The molecule has 0 radical (unpaired) electrons. The van der Waals surface area contributed by atoms with E-state index >= 15 is 0 Å². The number of carbonyl (C=O) groups excluding carboxylic acids is 2. The minimum atomic E-state index is -0.257. The molecule has 94 valence electrons. The van der Waals surface area contributed by atoms with Gasteiger partial charge in [0.2, 0.25) is 5.91 Å². The van der Waals surface area contributed by atoms with E-state index in [2.05, 4.69) is 12.2 Å². The second kappa shape index (κ2) is 11.0. The lowest BCUT2D eigenvalue weighted by atomic mass is 10.1. The van der Waals surface area contributed by atoms with Crippen LogP contribution in [0.1, 0.15) is 58.3 Å². The average molecular weight is 245 g/mol. The van der Waals surface area contributed by atoms with Crippen LogP contribution in [0.5, 0.6) is 0 Å². The van der Waals surface area contributed by atoms with E-state index in [-0.39, 0.29) is 11.1 Å². The predicted octanol–water partition coefficient (Wildman–Crippen LogP) is 3.73. The van der Waals surface area contributed by atoms with Crippen molar-refractivity contribution in [1.29, 1.82) is 0 Å². The van der Waals surface area contributed by atoms with Crippen molar-refractivity contribution in [3.63, 3.8) is 0 Å². The molecule has 0 saturated carbocycles. The van der Waals surface area contributed by atoms with E-state index in [0.717, 1.165) is 24.6 Å². The average Bonchev–Trinajstić information content (AvgIpc) is 2.27. The monoisotopic (exact) mass is 245 g/mol. The fourth-order valence-electron chi connectivity index (χ4n) is 1.47. The number of unbranched alkanes of at least 4 members (excludes halogenated alkanes) is 6. The topological polar surface area (TPSA) is 46.2 Å². The Balaban J connectivity index is 3.24. The van der Waals surface area contributed by atoms with Crippen LogP contribution in [-0.4, -0.2) is 17.4 Å². The molecule has 0 heterocycles. The minimum Gasteiger partial charge on any atom is -0.287 e. The Morgan fingerprint density at radius 1 is 1.00 bits per heavy atom. The Morgan fingerprint density at radius 2 is 1.56 bits per heavy atom. The number of imide groups is 1. The van der Waals surface area contributed by atoms with Crippen molar-refractivity contribution < 1.29 is 9.59 Å². The van der Waals surface area contributed by atoms with Crippen molar-refractivity contribution in [1.82, 2.24) is 5.32 Å². The summed E-state index contributed by atoms with van der Waals surface area (Å²) in [4.78, 5) is 22.1. The fourth-order valence-corrected chi connectivity index (χ4v) is 1.69. The van der Waals surface area contributed by atoms with Gasteiger partial charge in [-0.3, -0.25) is 14.9 Å². The van der Waals surface area contributed by atoms with Crippen LogP contribution in [0.2, 0.25) is 0 Å². The van der Waals surface area contributed by atoms with Crippen LogP contribution < -0.4 is 5.32 Å². The fraction of sp³-hybridized carbons (Fsp3) is 0.833. The molecule has 0 bridgehead atoms. The Labute approximate surface area is 103 Å². The third-order valence-corrected chi connectivity index (χ3v) is 2.91. The number of thioether (sulfide) groups is 1. The Bertz CT molecular complexity index is 207. The van der Waals surface area contributed by atoms with E-state index in [0.29, 0.717) is 6.42 Å². The number of hydrogen-bond acceptors (Lipinski definition) is 3. The van der Waals surface area contributed by atoms with E-state index in [1.807, 2.05) is 0 Å². The molecule has 0 aromatic carbocycles. The summed E-state index contributed by atoms with van der Waals surface area (Å²) in [5.74, 6) is -0.145. The lowest BCUT2D eigenvalue weighted by Gasteiger charge is -2.02. The lowest BCUT2D eigenvalue weighted by Crippen LogP contribution is -2.26. The minimum absolute atomic E-state index is 0.145. The lowest BCUT2D eigenvalue weighted by molar-refractivity contribution is -0.119. The molecule has 2 amide bonds. The highest BCUT2D eigenvalue weighted by Gasteiger charge is 2.05. The standard InChI is InChI=1S/C12H23NO2S/c1-3-4-5-6-7-8-9-10-11(14)13-12(15)16-2/h3-10H2,1-2H3,(H,13,14,15). The summed E-state index contributed by atoms with van der Waals surface area (Å²) in [5, 5.41) is 2.07. The van der Waals surface area contributed by atoms with E-state index in [1.54, 1.807) is 6.26 Å². The van der Waals surface area contributed by atoms with Gasteiger partial charge < -0.3 is 0 Å². The van der Waals surface area contributed by atoms with Gasteiger partial charge in [0.15, 0.2) is 0 Å². The molecule has 3 nitrogen and oxygen atoms in total. The molecular formula is C12H23NO2S. The first-order chi connectivity index (χ1) is 7.70. The van der Waals surface area contributed by atoms with Gasteiger partial charge in [-0.1, -0.05) is 57.2 Å². The Kier molecular flexibility index (Phi) is 10.6. The molecule has 0 atom stereocenters. The molecule has 0 aromatic heterocycles. The molecule has 0 fully saturated rings. The van der Waals surface area contributed by atoms with E-state index in [9.17, 15) is 9.59 Å². The second-order valence-corrected chi connectivity index (χ2v) is 4.69. The first-order valence-electron chi connectivity index (χ1n) is 6.08. The van der Waals surface area contributed by atoms with Crippen molar-refractivity contribution >= 4 is 22.9 Å². The zero-order valence-electron chi connectivity index (χ0n) is 10.4. The highest BCUT2D eigenvalue weighted by molar-refractivity contribution is 8.13. The van der Waals surface area contributed by atoms with Crippen LogP contribution in [0.3, 0.4) is 0 Å². The van der Waals surface area contributed by atoms with Crippen molar-refractivity contribution in [3.05, 3.63) is 0 Å². The van der Waals surface area contributed by atoms with Gasteiger partial charge in [0, 0.05) is 6.42 Å². The first-order valence-corrected chi connectivity index (χ1v) is 7.31. The summed E-state index contributed by atoms with van der Waals surface area (Å²) < 4.78 is 0. The molecule has 0 spiro atoms. The third kappa shape index (κ3) is 10.0. The summed E-state index contributed by atoms with van der Waals surface area (Å²) >= 11 is 1.04. The highest BCUT2D eigenvalue weighted by atomic mass is 32.2. The van der Waals surface area contributed by atoms with Crippen LogP contribution in [0.4, 0.5) is 4.79 Å². The van der Waals surface area contributed by atoms with Gasteiger partial charge in [-0.25, -0.2) is 0 Å². The van der Waals surface area contributed by atoms with Gasteiger partial charge in [0.25, 0.3) is 5.24 Å². The first kappa shape index (κ1) is 15.5. The molecule has 0 aliphatic rings. The molecule has 0 rings (SSSR count). The quantitative estimate of drug-likeness (QED) is 0.663. The van der Waals surface area contributed by atoms with Crippen molar-refractivity contribution in [2.24, 2.45) is 0 Å². The summed E-state index contributed by atoms with van der Waals surface area (Å²) in [6.45, 7) is 2.20. The van der Waals surface area contributed by atoms with Gasteiger partial charge in [-0.15, -0.1) is 0 Å². The smallest absolute Gasteiger partial charge is 0.285 e. The summed E-state index contributed by atoms with van der Waals surface area (Å²) in [6.07, 6.45) is 10.4. The van der Waals surface area contributed by atoms with Gasteiger partial charge in [-0.05, 0) is 12.7 Å². The molecule has 4 heteroatoms. The number of rotatable bonds is 8. The van der Waals surface area contributed by atoms with E-state index in [1.165, 1.54) is 32.1 Å². The zero-order valence-corrected chi connectivity index (χ0v) is 11.2. The van der Waals surface area contributed by atoms with E-state index in [4.69, 9.17) is 0 Å². The molecule has 1 N–H and O–H groups in total. The van der Waals surface area contributed by atoms with Gasteiger partial charge >= 0.3 is 0 Å². The van der Waals surface area contributed by atoms with Crippen molar-refractivity contribution in [2.45, 2.75) is 58.3 Å². The molecule has 0 saturated heterocycles. The van der Waals surface area contributed by atoms with Crippen LogP contribution in [-0.2, 0) is 4.79 Å². The molecule has 16 heavy (non-hydrogen) atoms. The van der Waals surface area contributed by atoms with Gasteiger partial charge in [0.05, 0.1) is 0 Å². The molecule has 0 aliphatic heterocycles. The van der Waals surface area contributed by atoms with Crippen LogP contribution in [0, 0.1) is 0 Å². The number of amides is 2. The number of nitrogens with one attached hydrogen (secondary N) is 1. The molecular weight excluding hydrogens is 222 g/mol. The zero-order chi connectivity index (χ0) is 12.2. The van der Waals surface area contributed by atoms with Crippen LogP contribution >= 0.6 is 11.8 Å². The normalized spacial score (nSPS) is 10.1. The summed E-state index contributed by atoms with van der Waals surface area (Å²) in [7, 11) is 0. The van der Waals surface area contributed by atoms with Crippen molar-refractivity contribution in [2.75, 3.05) is 6.26 Å². The van der Waals surface area contributed by atoms with E-state index < -0.39 is 0 Å². The largest absolute Gasteiger partial charge is 0.287 e. The maximum atomic E-state index is 11.2. The van der Waals surface area contributed by atoms with Crippen molar-refractivity contribution in [3.8, 4) is 0 Å². The Hall–Kier alpha value is -0.510. The summed E-state index contributed by atoms with van der Waals surface area (Å²) in [5.41, 5.74) is 0. The maximum Gasteiger partial charge on any atom is 0.285 e. The van der Waals surface area contributed by atoms with Crippen LogP contribution in [0.15, 0.2) is 0 Å². The summed E-state index contributed by atoms with van der Waals surface area (Å²) in [6, 6.07) is 0. The molecule has 0 aromatic rings. The predicted molar refractivity (Wildman–Crippen MR) is 69.7 cm³/mol. The number of carbonyl (C=O) groups is 2. The van der Waals surface area contributed by atoms with Crippen LogP contribution in [0.25, 0.3) is 0 Å². The highest BCUT2D eigenvalue weighted by Crippen LogP contribution is 2.08. The molecule has 0 unspecified atom stereocenters. The third-order valence-electron chi connectivity index (χ3n) is 2.43. The number of hydrogen-bond donors (Lipinski definition) is 1. The second-order valence-electron chi connectivity index (χ2n) is 3.91. The SMILES string of the molecule is CCCCCCCCCC(=O)NC(=O)SC. The van der Waals surface area contributed by atoms with Gasteiger partial charge in [-0.2, -0.15) is 0 Å². The van der Waals surface area contributed by atoms with Gasteiger partial charge in [0.1, 0.15) is 0 Å². The Morgan fingerprint density at radius 3 is 2.12 bits per heavy atom.